The number of hydrogen-bond donors (Lipinski definition) is 1. The molecule has 2 amide bonds. The molecule has 0 bridgehead atoms. The van der Waals surface area contributed by atoms with E-state index in [1.165, 1.54) is 12.1 Å². The van der Waals surface area contributed by atoms with Gasteiger partial charge in [0.05, 0.1) is 6.61 Å². The first kappa shape index (κ1) is 24.4. The second kappa shape index (κ2) is 12.7. The standard InChI is InChI=1S/C25H33FN2O3/c1-4-19(3)27-25(30)23(5-2)28(18-20-13-15-21(26)16-14-20)24(29)12-9-17-31-22-10-7-6-8-11-22/h6-8,10-11,13-16,19,23H,4-5,9,12,17-18H2,1-3H3,(H,27,30)/t19-,23-/m0/s1. The molecule has 0 saturated carbocycles. The minimum Gasteiger partial charge on any atom is -0.494 e. The molecule has 0 unspecified atom stereocenters. The number of nitrogens with zero attached hydrogens (tertiary/aromatic N) is 1. The quantitative estimate of drug-likeness (QED) is 0.498. The van der Waals surface area contributed by atoms with Gasteiger partial charge in [0.1, 0.15) is 17.6 Å². The molecule has 1 N–H and O–H groups in total. The van der Waals surface area contributed by atoms with Crippen LogP contribution >= 0.6 is 0 Å². The monoisotopic (exact) mass is 428 g/mol. The van der Waals surface area contributed by atoms with Gasteiger partial charge in [-0.1, -0.05) is 44.2 Å². The number of rotatable bonds is 12. The first-order chi connectivity index (χ1) is 14.9. The van der Waals surface area contributed by atoms with Crippen molar-refractivity contribution in [1.82, 2.24) is 10.2 Å². The van der Waals surface area contributed by atoms with E-state index in [0.29, 0.717) is 19.4 Å². The Morgan fingerprint density at radius 1 is 1.03 bits per heavy atom. The van der Waals surface area contributed by atoms with Crippen LogP contribution in [0.5, 0.6) is 5.75 Å². The van der Waals surface area contributed by atoms with Crippen molar-refractivity contribution in [3.05, 3.63) is 66.0 Å². The molecular weight excluding hydrogens is 395 g/mol. The smallest absolute Gasteiger partial charge is 0.243 e. The second-order valence-electron chi connectivity index (χ2n) is 7.66. The summed E-state index contributed by atoms with van der Waals surface area (Å²) in [5.74, 6) is 0.152. The van der Waals surface area contributed by atoms with Crippen molar-refractivity contribution in [3.63, 3.8) is 0 Å². The van der Waals surface area contributed by atoms with Crippen LogP contribution in [0.25, 0.3) is 0 Å². The number of nitrogens with one attached hydrogen (secondary N) is 1. The van der Waals surface area contributed by atoms with Crippen LogP contribution < -0.4 is 10.1 Å². The molecule has 0 aliphatic heterocycles. The third-order valence-electron chi connectivity index (χ3n) is 5.20. The molecule has 0 aliphatic carbocycles. The Kier molecular flexibility index (Phi) is 10.0. The number of hydrogen-bond acceptors (Lipinski definition) is 3. The van der Waals surface area contributed by atoms with Gasteiger partial charge < -0.3 is 15.0 Å². The Balaban J connectivity index is 2.06. The zero-order chi connectivity index (χ0) is 22.6. The largest absolute Gasteiger partial charge is 0.494 e. The molecule has 168 valence electrons. The maximum Gasteiger partial charge on any atom is 0.243 e. The Labute approximate surface area is 184 Å². The van der Waals surface area contributed by atoms with Gasteiger partial charge in [-0.05, 0) is 56.0 Å². The molecule has 0 fully saturated rings. The number of carbonyl (C=O) groups is 2. The molecule has 6 heteroatoms. The lowest BCUT2D eigenvalue weighted by molar-refractivity contribution is -0.141. The van der Waals surface area contributed by atoms with Crippen molar-refractivity contribution in [2.24, 2.45) is 0 Å². The van der Waals surface area contributed by atoms with Gasteiger partial charge >= 0.3 is 0 Å². The van der Waals surface area contributed by atoms with Gasteiger partial charge in [0, 0.05) is 19.0 Å². The zero-order valence-corrected chi connectivity index (χ0v) is 18.6. The van der Waals surface area contributed by atoms with Crippen LogP contribution in [0, 0.1) is 5.82 Å². The summed E-state index contributed by atoms with van der Waals surface area (Å²) in [4.78, 5) is 27.6. The van der Waals surface area contributed by atoms with Gasteiger partial charge in [0.15, 0.2) is 0 Å². The maximum atomic E-state index is 13.3. The number of para-hydroxylation sites is 1. The SMILES string of the molecule is CC[C@H](C)NC(=O)[C@H](CC)N(Cc1ccc(F)cc1)C(=O)CCCOc1ccccc1. The summed E-state index contributed by atoms with van der Waals surface area (Å²) >= 11 is 0. The third-order valence-corrected chi connectivity index (χ3v) is 5.20. The molecule has 2 rings (SSSR count). The molecule has 2 aromatic carbocycles. The lowest BCUT2D eigenvalue weighted by atomic mass is 10.1. The highest BCUT2D eigenvalue weighted by atomic mass is 19.1. The van der Waals surface area contributed by atoms with Crippen LogP contribution in [0.3, 0.4) is 0 Å². The fourth-order valence-corrected chi connectivity index (χ4v) is 3.22. The Bertz CT molecular complexity index is 811. The summed E-state index contributed by atoms with van der Waals surface area (Å²) in [6, 6.07) is 14.9. The van der Waals surface area contributed by atoms with Gasteiger partial charge in [-0.15, -0.1) is 0 Å². The van der Waals surface area contributed by atoms with Crippen molar-refractivity contribution in [2.45, 2.75) is 65.1 Å². The Morgan fingerprint density at radius 3 is 2.32 bits per heavy atom. The van der Waals surface area contributed by atoms with Crippen LogP contribution in [0.15, 0.2) is 54.6 Å². The lowest BCUT2D eigenvalue weighted by Crippen LogP contribution is -2.50. The first-order valence-corrected chi connectivity index (χ1v) is 11.0. The summed E-state index contributed by atoms with van der Waals surface area (Å²) in [5.41, 5.74) is 0.782. The van der Waals surface area contributed by atoms with E-state index in [0.717, 1.165) is 17.7 Å². The van der Waals surface area contributed by atoms with E-state index < -0.39 is 6.04 Å². The van der Waals surface area contributed by atoms with Crippen molar-refractivity contribution >= 4 is 11.8 Å². The van der Waals surface area contributed by atoms with Gasteiger partial charge in [-0.2, -0.15) is 0 Å². The van der Waals surface area contributed by atoms with Crippen molar-refractivity contribution in [2.75, 3.05) is 6.61 Å². The minimum atomic E-state index is -0.582. The number of halogens is 1. The minimum absolute atomic E-state index is 0.0311. The highest BCUT2D eigenvalue weighted by molar-refractivity contribution is 5.87. The van der Waals surface area contributed by atoms with E-state index in [4.69, 9.17) is 4.74 Å². The summed E-state index contributed by atoms with van der Waals surface area (Å²) in [5, 5.41) is 2.98. The van der Waals surface area contributed by atoms with E-state index in [1.807, 2.05) is 51.1 Å². The molecule has 0 aromatic heterocycles. The van der Waals surface area contributed by atoms with Gasteiger partial charge in [0.2, 0.25) is 11.8 Å². The van der Waals surface area contributed by atoms with Gasteiger partial charge in [-0.25, -0.2) is 4.39 Å². The number of amides is 2. The Morgan fingerprint density at radius 2 is 1.71 bits per heavy atom. The topological polar surface area (TPSA) is 58.6 Å². The molecular formula is C25H33FN2O3. The zero-order valence-electron chi connectivity index (χ0n) is 18.6. The molecule has 0 spiro atoms. The van der Waals surface area contributed by atoms with Crippen molar-refractivity contribution < 1.29 is 18.7 Å². The van der Waals surface area contributed by atoms with Crippen LogP contribution in [0.2, 0.25) is 0 Å². The molecule has 0 heterocycles. The van der Waals surface area contributed by atoms with E-state index in [1.54, 1.807) is 17.0 Å². The van der Waals surface area contributed by atoms with Gasteiger partial charge in [-0.3, -0.25) is 9.59 Å². The predicted octanol–water partition coefficient (Wildman–Crippen LogP) is 4.71. The third kappa shape index (κ3) is 8.04. The molecule has 5 nitrogen and oxygen atoms in total. The molecule has 2 atom stereocenters. The van der Waals surface area contributed by atoms with E-state index in [2.05, 4.69) is 5.32 Å². The molecule has 0 radical (unpaired) electrons. The van der Waals surface area contributed by atoms with E-state index >= 15 is 0 Å². The molecule has 31 heavy (non-hydrogen) atoms. The van der Waals surface area contributed by atoms with Crippen LogP contribution in [0.1, 0.15) is 52.0 Å². The van der Waals surface area contributed by atoms with E-state index in [9.17, 15) is 14.0 Å². The Hall–Kier alpha value is -2.89. The summed E-state index contributed by atoms with van der Waals surface area (Å²) in [7, 11) is 0. The fourth-order valence-electron chi connectivity index (χ4n) is 3.22. The predicted molar refractivity (Wildman–Crippen MR) is 120 cm³/mol. The summed E-state index contributed by atoms with van der Waals surface area (Å²) < 4.78 is 19.0. The van der Waals surface area contributed by atoms with Crippen LogP contribution in [0.4, 0.5) is 4.39 Å². The van der Waals surface area contributed by atoms with Crippen LogP contribution in [-0.2, 0) is 16.1 Å². The van der Waals surface area contributed by atoms with Crippen LogP contribution in [-0.4, -0.2) is 35.4 Å². The van der Waals surface area contributed by atoms with Gasteiger partial charge in [0.25, 0.3) is 0 Å². The molecule has 2 aromatic rings. The fraction of sp³-hybridized carbons (Fsp3) is 0.440. The summed E-state index contributed by atoms with van der Waals surface area (Å²) in [6.45, 7) is 6.50. The first-order valence-electron chi connectivity index (χ1n) is 11.0. The maximum absolute atomic E-state index is 13.3. The molecule has 0 aliphatic rings. The van der Waals surface area contributed by atoms with E-state index in [-0.39, 0.29) is 36.6 Å². The van der Waals surface area contributed by atoms with Crippen molar-refractivity contribution in [1.29, 1.82) is 0 Å². The summed E-state index contributed by atoms with van der Waals surface area (Å²) in [6.07, 6.45) is 2.11. The molecule has 0 saturated heterocycles. The average molecular weight is 429 g/mol. The number of ether oxygens (including phenoxy) is 1. The second-order valence-corrected chi connectivity index (χ2v) is 7.66. The number of carbonyl (C=O) groups excluding carboxylic acids is 2. The lowest BCUT2D eigenvalue weighted by Gasteiger charge is -2.31. The highest BCUT2D eigenvalue weighted by Gasteiger charge is 2.28. The normalized spacial score (nSPS) is 12.6. The van der Waals surface area contributed by atoms with Crippen molar-refractivity contribution in [3.8, 4) is 5.75 Å². The number of benzene rings is 2. The highest BCUT2D eigenvalue weighted by Crippen LogP contribution is 2.16. The average Bonchev–Trinajstić information content (AvgIpc) is 2.78.